The summed E-state index contributed by atoms with van der Waals surface area (Å²) in [5.41, 5.74) is 0.0342. The highest BCUT2D eigenvalue weighted by Crippen LogP contribution is 2.37. The minimum atomic E-state index is -2.07. The SMILES string of the molecule is CCCCCCC#CCCCOc1cccc(C(=O)N[C@@H]2C(O[C@H]3C(O)C(NC(C)=O)C(OC4C(CO)O[C@@H](O[C@H]5C(O)C(NC(C)=O)C(OC6C(CO[C@@H]7OC(C)[C@@H](O)C(O)[C@H]7OC)O[C@@H](O)[C@@H](NC(C)=O)[C@H]6O)O[C@H]5CO)[C@@H](NC(C)=O)[C@H]4O)O[C@H]3CO)OC(CO)[C@@H](O)[C@@H]2O)c1. The maximum absolute atomic E-state index is 13.9. The number of rotatable bonds is 30. The Morgan fingerprint density at radius 2 is 0.899 bits per heavy atom. The van der Waals surface area contributed by atoms with E-state index in [4.69, 9.17) is 61.6 Å². The first-order valence-electron chi connectivity index (χ1n) is 33.0. The number of unbranched alkanes of at least 4 members (excludes halogenated alkanes) is 5. The number of benzene rings is 1. The summed E-state index contributed by atoms with van der Waals surface area (Å²) >= 11 is 0. The molecule has 1 aromatic rings. The Balaban J connectivity index is 1.07. The van der Waals surface area contributed by atoms with Crippen LogP contribution < -0.4 is 31.3 Å². The van der Waals surface area contributed by atoms with Crippen molar-refractivity contribution < 1.29 is 152 Å². The van der Waals surface area contributed by atoms with E-state index < -0.39 is 246 Å². The number of ether oxygens (including phenoxy) is 13. The molecule has 36 heteroatoms. The summed E-state index contributed by atoms with van der Waals surface area (Å²) in [6.07, 6.45) is -37.0. The molecule has 562 valence electrons. The van der Waals surface area contributed by atoms with Gasteiger partial charge in [-0.15, -0.1) is 11.8 Å². The van der Waals surface area contributed by atoms with Crippen LogP contribution in [0.2, 0.25) is 0 Å². The fourth-order valence-corrected chi connectivity index (χ4v) is 12.5. The molecule has 0 aromatic heterocycles. The number of carbonyl (C=O) groups is 5. The average Bonchev–Trinajstić information content (AvgIpc) is 0.771. The lowest BCUT2D eigenvalue weighted by Gasteiger charge is -2.51. The minimum Gasteiger partial charge on any atom is -0.494 e. The van der Waals surface area contributed by atoms with Crippen LogP contribution in [0.3, 0.4) is 0 Å². The zero-order chi connectivity index (χ0) is 72.5. The van der Waals surface area contributed by atoms with Crippen molar-refractivity contribution >= 4 is 29.5 Å². The third kappa shape index (κ3) is 20.9. The standard InChI is InChI=1S/C63H99N5O31/c1-8-9-10-11-12-13-14-15-16-20-88-33-19-17-18-32(21-33)57(85)68-40-46(79)45(78)34(22-69)92-59(40)96-52-35(23-70)93-60(41(48(52)81)65-29(4)74)97-53-36(24-71)94-61(42(49(53)82)66-30(5)75)98-54-37(25-72)95-62(43(50(54)83)67-31(6)76)99-55-38(91-58(86)39(47(55)80)64-28(3)73)26-89-63-56(87-7)51(84)44(77)27(2)90-63/h17-19,21,27,34-56,58-63,69-72,77-84,86H,8-12,15-16,20,22-26H2,1-7H3,(H,64,73)(H,65,74)(H,66,75)(H,67,76)(H,68,85)/t27?,34?,35-,36?,37-,38?,39-,40-,41?,42-,43?,44+,45+,46+,47+,48?,49+,50?,51?,52+,53?,54+,55?,56+,58+,59?,60?,61-,62?,63+/m0/s1. The number of aliphatic hydroxyl groups is 13. The van der Waals surface area contributed by atoms with Gasteiger partial charge in [-0.3, -0.25) is 24.0 Å². The van der Waals surface area contributed by atoms with Crippen LogP contribution in [0, 0.1) is 11.8 Å². The van der Waals surface area contributed by atoms with Gasteiger partial charge in [0, 0.05) is 53.2 Å². The van der Waals surface area contributed by atoms with Crippen molar-refractivity contribution in [1.82, 2.24) is 26.6 Å². The Morgan fingerprint density at radius 1 is 0.465 bits per heavy atom. The summed E-state index contributed by atoms with van der Waals surface area (Å²) in [6, 6.07) is -2.53. The molecule has 6 heterocycles. The normalized spacial score (nSPS) is 39.4. The van der Waals surface area contributed by atoms with Crippen LogP contribution in [-0.4, -0.2) is 327 Å². The van der Waals surface area contributed by atoms with Crippen LogP contribution in [0.25, 0.3) is 0 Å². The fourth-order valence-electron chi connectivity index (χ4n) is 12.5. The molecule has 18 N–H and O–H groups in total. The number of methoxy groups -OCH3 is 1. The van der Waals surface area contributed by atoms with E-state index in [1.165, 1.54) is 26.2 Å². The molecule has 6 aliphatic rings. The van der Waals surface area contributed by atoms with Crippen LogP contribution in [0.1, 0.15) is 96.8 Å². The van der Waals surface area contributed by atoms with E-state index >= 15 is 0 Å². The van der Waals surface area contributed by atoms with Crippen molar-refractivity contribution in [3.8, 4) is 17.6 Å². The minimum absolute atomic E-state index is 0.0342. The van der Waals surface area contributed by atoms with Crippen molar-refractivity contribution in [2.45, 2.75) is 270 Å². The highest BCUT2D eigenvalue weighted by Gasteiger charge is 2.58. The summed E-state index contributed by atoms with van der Waals surface area (Å²) in [5, 5.41) is 158. The maximum Gasteiger partial charge on any atom is 0.251 e. The molecule has 5 amide bonds. The first-order chi connectivity index (χ1) is 47.2. The van der Waals surface area contributed by atoms with Crippen molar-refractivity contribution in [2.24, 2.45) is 0 Å². The molecule has 6 aliphatic heterocycles. The lowest BCUT2D eigenvalue weighted by molar-refractivity contribution is -0.368. The largest absolute Gasteiger partial charge is 0.494 e. The Hall–Kier alpha value is -5.07. The van der Waals surface area contributed by atoms with Gasteiger partial charge >= 0.3 is 0 Å². The van der Waals surface area contributed by atoms with E-state index in [-0.39, 0.29) is 12.2 Å². The third-order valence-electron chi connectivity index (χ3n) is 17.6. The summed E-state index contributed by atoms with van der Waals surface area (Å²) < 4.78 is 77.9. The topological polar surface area (TPSA) is 528 Å². The van der Waals surface area contributed by atoms with Gasteiger partial charge in [-0.05, 0) is 38.0 Å². The van der Waals surface area contributed by atoms with Crippen molar-refractivity contribution in [2.75, 3.05) is 46.8 Å². The average molecular weight is 1420 g/mol. The van der Waals surface area contributed by atoms with Gasteiger partial charge < -0.3 is 155 Å². The lowest BCUT2D eigenvalue weighted by atomic mass is 9.93. The van der Waals surface area contributed by atoms with Crippen molar-refractivity contribution in [3.05, 3.63) is 29.8 Å². The van der Waals surface area contributed by atoms with Crippen LogP contribution in [-0.2, 0) is 76.0 Å². The number of nitrogens with one attached hydrogen (secondary N) is 5. The molecule has 7 rings (SSSR count). The number of carbonyl (C=O) groups excluding carboxylic acids is 5. The molecular weight excluding hydrogens is 1320 g/mol. The van der Waals surface area contributed by atoms with E-state index in [9.17, 15) is 90.4 Å². The van der Waals surface area contributed by atoms with E-state index in [1.54, 1.807) is 12.1 Å². The zero-order valence-corrected chi connectivity index (χ0v) is 56.0. The first kappa shape index (κ1) is 81.2. The molecular formula is C63H99N5O31. The van der Waals surface area contributed by atoms with Gasteiger partial charge in [0.15, 0.2) is 37.7 Å². The molecule has 99 heavy (non-hydrogen) atoms. The van der Waals surface area contributed by atoms with E-state index in [1.807, 2.05) is 0 Å². The highest BCUT2D eigenvalue weighted by atomic mass is 16.8. The fraction of sp³-hybridized carbons (Fsp3) is 0.794. The molecule has 0 saturated carbocycles. The molecule has 1 aromatic carbocycles. The summed E-state index contributed by atoms with van der Waals surface area (Å²) in [6.45, 7) is 3.43. The summed E-state index contributed by atoms with van der Waals surface area (Å²) in [5.74, 6) is 2.59. The zero-order valence-electron chi connectivity index (χ0n) is 56.0. The summed E-state index contributed by atoms with van der Waals surface area (Å²) in [4.78, 5) is 65.1. The van der Waals surface area contributed by atoms with E-state index in [2.05, 4.69) is 45.3 Å². The lowest BCUT2D eigenvalue weighted by Crippen LogP contribution is -2.72. The highest BCUT2D eigenvalue weighted by molar-refractivity contribution is 5.94. The van der Waals surface area contributed by atoms with E-state index in [0.29, 0.717) is 18.6 Å². The molecule has 6 saturated heterocycles. The first-order valence-corrected chi connectivity index (χ1v) is 33.0. The predicted octanol–water partition coefficient (Wildman–Crippen LogP) is -7.27. The van der Waals surface area contributed by atoms with Gasteiger partial charge in [-0.2, -0.15) is 0 Å². The molecule has 0 spiro atoms. The molecule has 0 aliphatic carbocycles. The summed E-state index contributed by atoms with van der Waals surface area (Å²) in [7, 11) is 1.21. The predicted molar refractivity (Wildman–Crippen MR) is 332 cm³/mol. The van der Waals surface area contributed by atoms with Crippen LogP contribution >= 0.6 is 0 Å². The molecule has 6 fully saturated rings. The molecule has 0 radical (unpaired) electrons. The van der Waals surface area contributed by atoms with Gasteiger partial charge in [-0.1, -0.05) is 32.3 Å². The van der Waals surface area contributed by atoms with Crippen LogP contribution in [0.4, 0.5) is 0 Å². The van der Waals surface area contributed by atoms with Gasteiger partial charge in [0.25, 0.3) is 5.91 Å². The Bertz CT molecular complexity index is 2790. The molecule has 0 bridgehead atoms. The Morgan fingerprint density at radius 3 is 1.35 bits per heavy atom. The monoisotopic (exact) mass is 1420 g/mol. The molecule has 30 atom stereocenters. The van der Waals surface area contributed by atoms with Crippen LogP contribution in [0.15, 0.2) is 24.3 Å². The van der Waals surface area contributed by atoms with Crippen molar-refractivity contribution in [1.29, 1.82) is 0 Å². The Labute approximate surface area is 571 Å². The van der Waals surface area contributed by atoms with Gasteiger partial charge in [0.2, 0.25) is 23.6 Å². The number of hydrogen-bond acceptors (Lipinski definition) is 31. The quantitative estimate of drug-likeness (QED) is 0.0251. The van der Waals surface area contributed by atoms with E-state index in [0.717, 1.165) is 59.8 Å². The molecule has 14 unspecified atom stereocenters. The van der Waals surface area contributed by atoms with Gasteiger partial charge in [-0.25, -0.2) is 0 Å². The smallest absolute Gasteiger partial charge is 0.251 e. The third-order valence-corrected chi connectivity index (χ3v) is 17.6. The molecule has 36 nitrogen and oxygen atoms in total. The number of hydrogen-bond donors (Lipinski definition) is 18. The van der Waals surface area contributed by atoms with Gasteiger partial charge in [0.05, 0.1) is 45.7 Å². The maximum atomic E-state index is 13.9. The van der Waals surface area contributed by atoms with Gasteiger partial charge in [0.1, 0.15) is 146 Å². The number of amides is 5. The van der Waals surface area contributed by atoms with Crippen molar-refractivity contribution in [3.63, 3.8) is 0 Å². The Kier molecular flexibility index (Phi) is 31.5. The second-order valence-corrected chi connectivity index (χ2v) is 25.1. The second kappa shape index (κ2) is 38.4. The number of aliphatic hydroxyl groups excluding tert-OH is 13. The van der Waals surface area contributed by atoms with Crippen LogP contribution in [0.5, 0.6) is 5.75 Å². The second-order valence-electron chi connectivity index (χ2n) is 25.1.